The minimum absolute atomic E-state index is 0.145. The summed E-state index contributed by atoms with van der Waals surface area (Å²) in [5, 5.41) is 7.51. The fraction of sp³-hybridized carbons (Fsp3) is 0.368. The first-order valence-electron chi connectivity index (χ1n) is 8.77. The molecule has 2 heterocycles. The number of aromatic nitrogens is 4. The fourth-order valence-electron chi connectivity index (χ4n) is 3.65. The van der Waals surface area contributed by atoms with E-state index >= 15 is 0 Å². The van der Waals surface area contributed by atoms with Crippen LogP contribution in [0.5, 0.6) is 5.75 Å². The van der Waals surface area contributed by atoms with Crippen LogP contribution in [0.25, 0.3) is 5.78 Å². The number of benzene rings is 1. The largest absolute Gasteiger partial charge is 0.497 e. The van der Waals surface area contributed by atoms with Crippen LogP contribution in [-0.2, 0) is 5.54 Å². The number of hydrogen-bond acceptors (Lipinski definition) is 5. The molecule has 0 bridgehead atoms. The standard InChI is InChI=1S/C19H21N5O2/c1-13-9-12-20-18-21-16(23-24(13)18)17(25)22-19(10-3-4-11-19)14-5-7-15(26-2)8-6-14/h5-9,12H,3-4,10-11H2,1-2H3,(H,22,25). The molecule has 0 spiro atoms. The van der Waals surface area contributed by atoms with Crippen molar-refractivity contribution < 1.29 is 9.53 Å². The predicted octanol–water partition coefficient (Wildman–Crippen LogP) is 2.64. The van der Waals surface area contributed by atoms with Crippen LogP contribution in [0.2, 0.25) is 0 Å². The maximum absolute atomic E-state index is 12.9. The highest BCUT2D eigenvalue weighted by Gasteiger charge is 2.38. The van der Waals surface area contributed by atoms with Crippen molar-refractivity contribution in [2.45, 2.75) is 38.1 Å². The molecule has 0 atom stereocenters. The minimum Gasteiger partial charge on any atom is -0.497 e. The van der Waals surface area contributed by atoms with Gasteiger partial charge in [0, 0.05) is 11.9 Å². The number of fused-ring (bicyclic) bond motifs is 1. The van der Waals surface area contributed by atoms with E-state index in [1.807, 2.05) is 37.3 Å². The number of nitrogens with one attached hydrogen (secondary N) is 1. The molecule has 1 saturated carbocycles. The number of ether oxygens (including phenoxy) is 1. The van der Waals surface area contributed by atoms with Gasteiger partial charge in [-0.2, -0.15) is 4.98 Å². The highest BCUT2D eigenvalue weighted by molar-refractivity contribution is 5.91. The molecule has 26 heavy (non-hydrogen) atoms. The third-order valence-corrected chi connectivity index (χ3v) is 5.09. The summed E-state index contributed by atoms with van der Waals surface area (Å²) in [6.45, 7) is 1.90. The Morgan fingerprint density at radius 1 is 1.19 bits per heavy atom. The molecule has 7 heteroatoms. The number of amides is 1. The van der Waals surface area contributed by atoms with Crippen LogP contribution >= 0.6 is 0 Å². The van der Waals surface area contributed by atoms with E-state index in [1.54, 1.807) is 17.8 Å². The SMILES string of the molecule is COc1ccc(C2(NC(=O)c3nc4nccc(C)n4n3)CCCC2)cc1. The van der Waals surface area contributed by atoms with Crippen LogP contribution in [0, 0.1) is 6.92 Å². The molecule has 7 nitrogen and oxygen atoms in total. The normalized spacial score (nSPS) is 15.9. The number of methoxy groups -OCH3 is 1. The van der Waals surface area contributed by atoms with Gasteiger partial charge in [0.1, 0.15) is 5.75 Å². The molecule has 2 aromatic heterocycles. The number of carbonyl (C=O) groups excluding carboxylic acids is 1. The van der Waals surface area contributed by atoms with E-state index in [0.29, 0.717) is 5.78 Å². The maximum Gasteiger partial charge on any atom is 0.291 e. The molecular formula is C19H21N5O2. The molecule has 3 aromatic rings. The molecule has 4 rings (SSSR count). The van der Waals surface area contributed by atoms with Gasteiger partial charge in [-0.1, -0.05) is 25.0 Å². The zero-order chi connectivity index (χ0) is 18.1. The van der Waals surface area contributed by atoms with Crippen LogP contribution in [0.4, 0.5) is 0 Å². The number of hydrogen-bond donors (Lipinski definition) is 1. The summed E-state index contributed by atoms with van der Waals surface area (Å²) in [6.07, 6.45) is 5.61. The minimum atomic E-state index is -0.386. The molecule has 1 fully saturated rings. The summed E-state index contributed by atoms with van der Waals surface area (Å²) in [5.74, 6) is 1.11. The van der Waals surface area contributed by atoms with Gasteiger partial charge in [-0.05, 0) is 43.5 Å². The van der Waals surface area contributed by atoms with Crippen molar-refractivity contribution in [3.05, 3.63) is 53.6 Å². The van der Waals surface area contributed by atoms with E-state index in [0.717, 1.165) is 42.7 Å². The Bertz CT molecular complexity index is 942. The predicted molar refractivity (Wildman–Crippen MR) is 96.1 cm³/mol. The Morgan fingerprint density at radius 2 is 1.92 bits per heavy atom. The van der Waals surface area contributed by atoms with Gasteiger partial charge in [0.05, 0.1) is 12.6 Å². The second-order valence-corrected chi connectivity index (χ2v) is 6.71. The smallest absolute Gasteiger partial charge is 0.291 e. The number of rotatable bonds is 4. The molecule has 1 aliphatic rings. The topological polar surface area (TPSA) is 81.4 Å². The molecular weight excluding hydrogens is 330 g/mol. The summed E-state index contributed by atoms with van der Waals surface area (Å²) < 4.78 is 6.83. The van der Waals surface area contributed by atoms with Gasteiger partial charge >= 0.3 is 0 Å². The van der Waals surface area contributed by atoms with Gasteiger partial charge in [-0.25, -0.2) is 9.50 Å². The lowest BCUT2D eigenvalue weighted by Gasteiger charge is -2.30. The van der Waals surface area contributed by atoms with Crippen molar-refractivity contribution in [2.75, 3.05) is 7.11 Å². The molecule has 0 radical (unpaired) electrons. The fourth-order valence-corrected chi connectivity index (χ4v) is 3.65. The van der Waals surface area contributed by atoms with Crippen LogP contribution in [0.1, 0.15) is 47.6 Å². The first-order chi connectivity index (χ1) is 12.6. The van der Waals surface area contributed by atoms with Gasteiger partial charge in [-0.15, -0.1) is 5.10 Å². The average Bonchev–Trinajstić information content (AvgIpc) is 3.30. The van der Waals surface area contributed by atoms with Crippen LogP contribution in [0.15, 0.2) is 36.5 Å². The lowest BCUT2D eigenvalue weighted by atomic mass is 9.88. The third-order valence-electron chi connectivity index (χ3n) is 5.09. The Hall–Kier alpha value is -2.96. The Kier molecular flexibility index (Phi) is 4.06. The van der Waals surface area contributed by atoms with E-state index in [4.69, 9.17) is 4.74 Å². The van der Waals surface area contributed by atoms with Crippen molar-refractivity contribution in [2.24, 2.45) is 0 Å². The van der Waals surface area contributed by atoms with Crippen molar-refractivity contribution in [3.63, 3.8) is 0 Å². The van der Waals surface area contributed by atoms with Crippen molar-refractivity contribution in [1.29, 1.82) is 0 Å². The molecule has 1 amide bonds. The van der Waals surface area contributed by atoms with Gasteiger partial charge in [0.15, 0.2) is 0 Å². The van der Waals surface area contributed by atoms with Crippen molar-refractivity contribution in [3.8, 4) is 5.75 Å². The second-order valence-electron chi connectivity index (χ2n) is 6.71. The lowest BCUT2D eigenvalue weighted by molar-refractivity contribution is 0.0887. The maximum atomic E-state index is 12.9. The molecule has 0 unspecified atom stereocenters. The lowest BCUT2D eigenvalue weighted by Crippen LogP contribution is -2.44. The Morgan fingerprint density at radius 3 is 2.58 bits per heavy atom. The first-order valence-corrected chi connectivity index (χ1v) is 8.77. The van der Waals surface area contributed by atoms with Crippen LogP contribution in [0.3, 0.4) is 0 Å². The molecule has 1 aromatic carbocycles. The molecule has 0 aliphatic heterocycles. The summed E-state index contributed by atoms with van der Waals surface area (Å²) in [5.41, 5.74) is 1.58. The number of aryl methyl sites for hydroxylation is 1. The highest BCUT2D eigenvalue weighted by atomic mass is 16.5. The monoisotopic (exact) mass is 351 g/mol. The quantitative estimate of drug-likeness (QED) is 0.781. The van der Waals surface area contributed by atoms with E-state index in [1.165, 1.54) is 0 Å². The molecule has 1 N–H and O–H groups in total. The summed E-state index contributed by atoms with van der Waals surface area (Å²) in [4.78, 5) is 21.3. The van der Waals surface area contributed by atoms with E-state index in [9.17, 15) is 4.79 Å². The third kappa shape index (κ3) is 2.79. The van der Waals surface area contributed by atoms with Crippen molar-refractivity contribution in [1.82, 2.24) is 24.9 Å². The molecule has 1 aliphatic carbocycles. The zero-order valence-electron chi connectivity index (χ0n) is 14.9. The molecule has 0 saturated heterocycles. The van der Waals surface area contributed by atoms with Gasteiger partial charge in [-0.3, -0.25) is 4.79 Å². The van der Waals surface area contributed by atoms with Crippen LogP contribution < -0.4 is 10.1 Å². The van der Waals surface area contributed by atoms with Gasteiger partial charge < -0.3 is 10.1 Å². The average molecular weight is 351 g/mol. The Balaban J connectivity index is 1.64. The van der Waals surface area contributed by atoms with E-state index < -0.39 is 0 Å². The van der Waals surface area contributed by atoms with Crippen LogP contribution in [-0.4, -0.2) is 32.6 Å². The second kappa shape index (κ2) is 6.40. The van der Waals surface area contributed by atoms with E-state index in [2.05, 4.69) is 20.4 Å². The molecule has 134 valence electrons. The van der Waals surface area contributed by atoms with E-state index in [-0.39, 0.29) is 17.3 Å². The number of carbonyl (C=O) groups is 1. The van der Waals surface area contributed by atoms with Gasteiger partial charge in [0.25, 0.3) is 11.7 Å². The van der Waals surface area contributed by atoms with Crippen molar-refractivity contribution >= 4 is 11.7 Å². The first kappa shape index (κ1) is 16.5. The summed E-state index contributed by atoms with van der Waals surface area (Å²) in [6, 6.07) is 9.73. The number of nitrogens with zero attached hydrogens (tertiary/aromatic N) is 4. The zero-order valence-corrected chi connectivity index (χ0v) is 14.9. The summed E-state index contributed by atoms with van der Waals surface area (Å²) in [7, 11) is 1.65. The Labute approximate surface area is 151 Å². The van der Waals surface area contributed by atoms with Gasteiger partial charge in [0.2, 0.25) is 5.82 Å². The highest BCUT2D eigenvalue weighted by Crippen LogP contribution is 2.39. The summed E-state index contributed by atoms with van der Waals surface area (Å²) >= 11 is 0.